The Hall–Kier alpha value is -0.500. The molecule has 0 fully saturated rings. The number of aromatic nitrogens is 3. The van der Waals surface area contributed by atoms with Crippen molar-refractivity contribution in [3.05, 3.63) is 31.9 Å². The van der Waals surface area contributed by atoms with Gasteiger partial charge >= 0.3 is 0 Å². The Morgan fingerprint density at radius 1 is 1.44 bits per heavy atom. The molecule has 0 atom stereocenters. The molecule has 0 spiro atoms. The summed E-state index contributed by atoms with van der Waals surface area (Å²) in [4.78, 5) is 0. The fourth-order valence-corrected chi connectivity index (χ4v) is 2.59. The van der Waals surface area contributed by atoms with Crippen molar-refractivity contribution >= 4 is 44.1 Å². The molecule has 4 nitrogen and oxygen atoms in total. The number of methoxy groups -OCH3 is 1. The molecule has 96 valence electrons. The fourth-order valence-electron chi connectivity index (χ4n) is 1.58. The van der Waals surface area contributed by atoms with Gasteiger partial charge in [0.1, 0.15) is 0 Å². The van der Waals surface area contributed by atoms with Crippen LogP contribution in [0.5, 0.6) is 0 Å². The van der Waals surface area contributed by atoms with E-state index >= 15 is 0 Å². The van der Waals surface area contributed by atoms with Gasteiger partial charge in [0.25, 0.3) is 0 Å². The molecule has 1 aromatic heterocycles. The number of nitrogens with zero attached hydrogens (tertiary/aromatic N) is 2. The quantitative estimate of drug-likeness (QED) is 0.805. The van der Waals surface area contributed by atoms with Gasteiger partial charge in [-0.15, -0.1) is 0 Å². The lowest BCUT2D eigenvalue weighted by atomic mass is 10.2. The van der Waals surface area contributed by atoms with Gasteiger partial charge in [0, 0.05) is 21.6 Å². The van der Waals surface area contributed by atoms with E-state index in [1.54, 1.807) is 7.11 Å². The molecule has 0 bridgehead atoms. The van der Waals surface area contributed by atoms with E-state index in [1.165, 1.54) is 0 Å². The lowest BCUT2D eigenvalue weighted by molar-refractivity contribution is 0.187. The Kier molecular flexibility index (Phi) is 4.71. The maximum atomic E-state index is 5.22. The minimum absolute atomic E-state index is 0.590. The summed E-state index contributed by atoms with van der Waals surface area (Å²) >= 11 is 12.2. The van der Waals surface area contributed by atoms with Gasteiger partial charge in [-0.25, -0.2) is 0 Å². The molecular formula is C11H11Br2N3OS. The Bertz CT molecular complexity index is 609. The van der Waals surface area contributed by atoms with Crippen LogP contribution in [0.2, 0.25) is 0 Å². The summed E-state index contributed by atoms with van der Waals surface area (Å²) in [5.41, 5.74) is 0.979. The van der Waals surface area contributed by atoms with Gasteiger partial charge in [-0.2, -0.15) is 5.10 Å². The van der Waals surface area contributed by atoms with Gasteiger partial charge in [0.2, 0.25) is 0 Å². The lowest BCUT2D eigenvalue weighted by Crippen LogP contribution is -2.06. The number of nitrogens with one attached hydrogen (secondary N) is 1. The zero-order valence-electron chi connectivity index (χ0n) is 9.61. The van der Waals surface area contributed by atoms with Crippen LogP contribution in [-0.4, -0.2) is 28.5 Å². The summed E-state index contributed by atoms with van der Waals surface area (Å²) in [6.45, 7) is 1.26. The topological polar surface area (TPSA) is 42.8 Å². The third kappa shape index (κ3) is 2.90. The zero-order chi connectivity index (χ0) is 13.1. The second-order valence-electron chi connectivity index (χ2n) is 3.62. The van der Waals surface area contributed by atoms with Crippen molar-refractivity contribution in [1.29, 1.82) is 0 Å². The molecule has 0 aliphatic carbocycles. The van der Waals surface area contributed by atoms with Crippen molar-refractivity contribution < 1.29 is 4.74 Å². The van der Waals surface area contributed by atoms with Crippen LogP contribution in [0.3, 0.4) is 0 Å². The van der Waals surface area contributed by atoms with Crippen molar-refractivity contribution in [1.82, 2.24) is 14.8 Å². The minimum atomic E-state index is 0.590. The number of ether oxygens (including phenoxy) is 1. The van der Waals surface area contributed by atoms with Crippen LogP contribution in [0.25, 0.3) is 11.4 Å². The summed E-state index contributed by atoms with van der Waals surface area (Å²) < 4.78 is 9.56. The van der Waals surface area contributed by atoms with Gasteiger partial charge < -0.3 is 4.74 Å². The largest absolute Gasteiger partial charge is 0.383 e. The number of rotatable bonds is 4. The van der Waals surface area contributed by atoms with E-state index < -0.39 is 0 Å². The van der Waals surface area contributed by atoms with E-state index in [2.05, 4.69) is 42.1 Å². The van der Waals surface area contributed by atoms with Crippen LogP contribution in [0.4, 0.5) is 0 Å². The van der Waals surface area contributed by atoms with E-state index in [4.69, 9.17) is 17.0 Å². The SMILES string of the molecule is COCCn1c(-c2cc(Br)ccc2Br)n[nH]c1=S. The summed E-state index contributed by atoms with van der Waals surface area (Å²) in [7, 11) is 1.67. The normalized spacial score (nSPS) is 10.8. The first-order valence-corrected chi connectivity index (χ1v) is 7.22. The van der Waals surface area contributed by atoms with Crippen molar-refractivity contribution in [2.75, 3.05) is 13.7 Å². The molecule has 2 aromatic rings. The van der Waals surface area contributed by atoms with Crippen LogP contribution < -0.4 is 0 Å². The maximum absolute atomic E-state index is 5.22. The van der Waals surface area contributed by atoms with E-state index in [9.17, 15) is 0 Å². The monoisotopic (exact) mass is 391 g/mol. The highest BCUT2D eigenvalue weighted by molar-refractivity contribution is 9.11. The highest BCUT2D eigenvalue weighted by Crippen LogP contribution is 2.29. The minimum Gasteiger partial charge on any atom is -0.383 e. The van der Waals surface area contributed by atoms with Crippen molar-refractivity contribution in [3.8, 4) is 11.4 Å². The molecule has 7 heteroatoms. The number of hydrogen-bond acceptors (Lipinski definition) is 3. The molecule has 1 aromatic carbocycles. The van der Waals surface area contributed by atoms with Crippen LogP contribution >= 0.6 is 44.1 Å². The summed E-state index contributed by atoms with van der Waals surface area (Å²) in [5, 5.41) is 7.10. The van der Waals surface area contributed by atoms with Crippen molar-refractivity contribution in [2.24, 2.45) is 0 Å². The Labute approximate surface area is 127 Å². The molecule has 0 unspecified atom stereocenters. The molecule has 0 saturated carbocycles. The Morgan fingerprint density at radius 3 is 2.94 bits per heavy atom. The molecule has 0 radical (unpaired) electrons. The third-order valence-corrected chi connectivity index (χ3v) is 3.94. The molecule has 1 heterocycles. The van der Waals surface area contributed by atoms with Gasteiger partial charge in [-0.1, -0.05) is 31.9 Å². The third-order valence-electron chi connectivity index (χ3n) is 2.45. The number of H-pyrrole nitrogens is 1. The van der Waals surface area contributed by atoms with Gasteiger partial charge in [0.05, 0.1) is 13.2 Å². The standard InChI is InChI=1S/C11H11Br2N3OS/c1-17-5-4-16-10(14-15-11(16)18)8-6-7(12)2-3-9(8)13/h2-3,6H,4-5H2,1H3,(H,15,18). The smallest absolute Gasteiger partial charge is 0.195 e. The van der Waals surface area contributed by atoms with Crippen LogP contribution in [0.1, 0.15) is 0 Å². The Balaban J connectivity index is 2.50. The molecule has 0 amide bonds. The number of hydrogen-bond donors (Lipinski definition) is 1. The lowest BCUT2D eigenvalue weighted by Gasteiger charge is -2.08. The summed E-state index contributed by atoms with van der Waals surface area (Å²) in [5.74, 6) is 0.797. The molecule has 0 saturated heterocycles. The van der Waals surface area contributed by atoms with E-state index in [-0.39, 0.29) is 0 Å². The second kappa shape index (κ2) is 6.10. The molecule has 2 rings (SSSR count). The van der Waals surface area contributed by atoms with Gasteiger partial charge in [-0.3, -0.25) is 9.67 Å². The molecule has 1 N–H and O–H groups in total. The molecule has 0 aliphatic rings. The molecule has 18 heavy (non-hydrogen) atoms. The second-order valence-corrected chi connectivity index (χ2v) is 5.78. The first-order valence-electron chi connectivity index (χ1n) is 5.23. The van der Waals surface area contributed by atoms with Crippen molar-refractivity contribution in [2.45, 2.75) is 6.54 Å². The number of aromatic amines is 1. The predicted molar refractivity (Wildman–Crippen MR) is 80.1 cm³/mol. The number of halogens is 2. The molecular weight excluding hydrogens is 382 g/mol. The van der Waals surface area contributed by atoms with Crippen LogP contribution in [-0.2, 0) is 11.3 Å². The number of benzene rings is 1. The highest BCUT2D eigenvalue weighted by Gasteiger charge is 2.12. The summed E-state index contributed by atoms with van der Waals surface area (Å²) in [6, 6.07) is 5.93. The average Bonchev–Trinajstić information content (AvgIpc) is 2.71. The predicted octanol–water partition coefficient (Wildman–Crippen LogP) is 3.78. The van der Waals surface area contributed by atoms with E-state index in [0.29, 0.717) is 17.9 Å². The summed E-state index contributed by atoms with van der Waals surface area (Å²) in [6.07, 6.45) is 0. The van der Waals surface area contributed by atoms with E-state index in [1.807, 2.05) is 22.8 Å². The highest BCUT2D eigenvalue weighted by atomic mass is 79.9. The van der Waals surface area contributed by atoms with E-state index in [0.717, 1.165) is 20.3 Å². The maximum Gasteiger partial charge on any atom is 0.195 e. The first-order chi connectivity index (χ1) is 8.63. The van der Waals surface area contributed by atoms with Crippen LogP contribution in [0, 0.1) is 4.77 Å². The van der Waals surface area contributed by atoms with Crippen molar-refractivity contribution in [3.63, 3.8) is 0 Å². The van der Waals surface area contributed by atoms with Gasteiger partial charge in [0.15, 0.2) is 10.6 Å². The fraction of sp³-hybridized carbons (Fsp3) is 0.273. The average molecular weight is 393 g/mol. The van der Waals surface area contributed by atoms with Gasteiger partial charge in [-0.05, 0) is 30.4 Å². The van der Waals surface area contributed by atoms with Crippen LogP contribution in [0.15, 0.2) is 27.1 Å². The molecule has 0 aliphatic heterocycles. The zero-order valence-corrected chi connectivity index (χ0v) is 13.6. The Morgan fingerprint density at radius 2 is 2.22 bits per heavy atom. The first kappa shape index (κ1) is 13.9.